The fourth-order valence-corrected chi connectivity index (χ4v) is 3.18. The molecule has 164 valence electrons. The van der Waals surface area contributed by atoms with Crippen molar-refractivity contribution in [2.75, 3.05) is 14.2 Å². The van der Waals surface area contributed by atoms with Gasteiger partial charge in [0.2, 0.25) is 0 Å². The van der Waals surface area contributed by atoms with Crippen LogP contribution in [0.1, 0.15) is 43.0 Å². The molecular formula is C25H19F3O4. The predicted octanol–water partition coefficient (Wildman–Crippen LogP) is 5.87. The maximum atomic E-state index is 13.5. The van der Waals surface area contributed by atoms with Crippen LogP contribution in [0.15, 0.2) is 72.8 Å². The van der Waals surface area contributed by atoms with E-state index < -0.39 is 23.7 Å². The molecule has 3 aromatic rings. The number of hydrogen-bond donors (Lipinski definition) is 0. The molecule has 0 fully saturated rings. The lowest BCUT2D eigenvalue weighted by Gasteiger charge is -2.14. The lowest BCUT2D eigenvalue weighted by atomic mass is 9.93. The molecule has 0 aromatic heterocycles. The van der Waals surface area contributed by atoms with Gasteiger partial charge in [-0.3, -0.25) is 0 Å². The number of alkyl halides is 3. The van der Waals surface area contributed by atoms with Crippen molar-refractivity contribution in [2.24, 2.45) is 0 Å². The zero-order valence-electron chi connectivity index (χ0n) is 17.3. The minimum absolute atomic E-state index is 0.0101. The van der Waals surface area contributed by atoms with E-state index in [-0.39, 0.29) is 5.56 Å². The minimum Gasteiger partial charge on any atom is -0.465 e. The van der Waals surface area contributed by atoms with Crippen LogP contribution in [0.3, 0.4) is 0 Å². The Morgan fingerprint density at radius 1 is 0.688 bits per heavy atom. The molecular weight excluding hydrogens is 421 g/mol. The van der Waals surface area contributed by atoms with Crippen LogP contribution in [0, 0.1) is 0 Å². The fraction of sp³-hybridized carbons (Fsp3) is 0.120. The first-order chi connectivity index (χ1) is 15.2. The van der Waals surface area contributed by atoms with Crippen molar-refractivity contribution >= 4 is 23.6 Å². The molecule has 0 amide bonds. The Morgan fingerprint density at radius 2 is 1.09 bits per heavy atom. The van der Waals surface area contributed by atoms with Crippen molar-refractivity contribution < 1.29 is 32.2 Å². The van der Waals surface area contributed by atoms with Crippen LogP contribution in [0.5, 0.6) is 0 Å². The van der Waals surface area contributed by atoms with Crippen LogP contribution < -0.4 is 0 Å². The highest BCUT2D eigenvalue weighted by molar-refractivity contribution is 5.95. The van der Waals surface area contributed by atoms with Gasteiger partial charge in [0.05, 0.1) is 30.9 Å². The number of methoxy groups -OCH3 is 2. The Bertz CT molecular complexity index is 1080. The van der Waals surface area contributed by atoms with Crippen LogP contribution in [0.25, 0.3) is 11.6 Å². The summed E-state index contributed by atoms with van der Waals surface area (Å²) in [5.74, 6) is -1.04. The largest absolute Gasteiger partial charge is 0.465 e. The van der Waals surface area contributed by atoms with E-state index in [1.54, 1.807) is 24.3 Å². The highest BCUT2D eigenvalue weighted by atomic mass is 19.4. The van der Waals surface area contributed by atoms with E-state index in [2.05, 4.69) is 0 Å². The van der Waals surface area contributed by atoms with Crippen LogP contribution in [-0.4, -0.2) is 26.2 Å². The van der Waals surface area contributed by atoms with Crippen molar-refractivity contribution in [3.8, 4) is 0 Å². The average Bonchev–Trinajstić information content (AvgIpc) is 2.81. The molecule has 0 saturated carbocycles. The van der Waals surface area contributed by atoms with Crippen LogP contribution in [-0.2, 0) is 15.7 Å². The van der Waals surface area contributed by atoms with Crippen molar-refractivity contribution in [1.82, 2.24) is 0 Å². The number of halogens is 3. The van der Waals surface area contributed by atoms with Gasteiger partial charge in [0.15, 0.2) is 0 Å². The summed E-state index contributed by atoms with van der Waals surface area (Å²) < 4.78 is 50.0. The fourth-order valence-electron chi connectivity index (χ4n) is 3.18. The molecule has 32 heavy (non-hydrogen) atoms. The summed E-state index contributed by atoms with van der Waals surface area (Å²) in [6, 6.07) is 17.9. The molecule has 4 nitrogen and oxygen atoms in total. The summed E-state index contributed by atoms with van der Waals surface area (Å²) in [5, 5.41) is 0. The van der Waals surface area contributed by atoms with Crippen molar-refractivity contribution in [2.45, 2.75) is 6.18 Å². The van der Waals surface area contributed by atoms with Crippen LogP contribution >= 0.6 is 0 Å². The summed E-state index contributed by atoms with van der Waals surface area (Å²) in [5.41, 5.74) is 1.49. The molecule has 0 aliphatic carbocycles. The summed E-state index contributed by atoms with van der Waals surface area (Å²) in [4.78, 5) is 23.5. The maximum absolute atomic E-state index is 13.5. The third-order valence-corrected chi connectivity index (χ3v) is 4.80. The Kier molecular flexibility index (Phi) is 6.78. The number of hydrogen-bond acceptors (Lipinski definition) is 4. The lowest BCUT2D eigenvalue weighted by Crippen LogP contribution is -2.07. The van der Waals surface area contributed by atoms with E-state index in [9.17, 15) is 22.8 Å². The number of rotatable bonds is 5. The van der Waals surface area contributed by atoms with E-state index in [0.717, 1.165) is 6.07 Å². The van der Waals surface area contributed by atoms with Gasteiger partial charge in [-0.2, -0.15) is 13.2 Å². The second-order valence-corrected chi connectivity index (χ2v) is 6.78. The van der Waals surface area contributed by atoms with E-state index in [4.69, 9.17) is 9.47 Å². The zero-order chi connectivity index (χ0) is 23.3. The van der Waals surface area contributed by atoms with Crippen molar-refractivity contribution in [3.05, 3.63) is 106 Å². The van der Waals surface area contributed by atoms with Crippen molar-refractivity contribution in [1.29, 1.82) is 0 Å². The van der Waals surface area contributed by atoms with E-state index >= 15 is 0 Å². The van der Waals surface area contributed by atoms with Gasteiger partial charge in [0.1, 0.15) is 0 Å². The monoisotopic (exact) mass is 440 g/mol. The molecule has 3 aromatic carbocycles. The number of carbonyl (C=O) groups is 2. The molecule has 0 aliphatic heterocycles. The molecule has 0 spiro atoms. The van der Waals surface area contributed by atoms with Gasteiger partial charge in [0, 0.05) is 0 Å². The molecule has 7 heteroatoms. The first kappa shape index (κ1) is 22.8. The number of benzene rings is 3. The second-order valence-electron chi connectivity index (χ2n) is 6.78. The van der Waals surface area contributed by atoms with Crippen molar-refractivity contribution in [3.63, 3.8) is 0 Å². The number of ether oxygens (including phenoxy) is 2. The maximum Gasteiger partial charge on any atom is 0.416 e. The summed E-state index contributed by atoms with van der Waals surface area (Å²) in [7, 11) is 2.52. The van der Waals surface area contributed by atoms with E-state index in [0.29, 0.717) is 27.8 Å². The first-order valence-electron chi connectivity index (χ1n) is 9.50. The topological polar surface area (TPSA) is 52.6 Å². The van der Waals surface area contributed by atoms with E-state index in [1.165, 1.54) is 62.8 Å². The quantitative estimate of drug-likeness (QED) is 0.368. The Labute approximate surface area is 182 Å². The van der Waals surface area contributed by atoms with Gasteiger partial charge in [0.25, 0.3) is 0 Å². The third kappa shape index (κ3) is 5.06. The second kappa shape index (κ2) is 9.51. The zero-order valence-corrected chi connectivity index (χ0v) is 17.3. The summed E-state index contributed by atoms with van der Waals surface area (Å²) >= 11 is 0. The highest BCUT2D eigenvalue weighted by Gasteiger charge is 2.32. The molecule has 0 N–H and O–H groups in total. The molecule has 3 rings (SSSR count). The van der Waals surface area contributed by atoms with Crippen LogP contribution in [0.2, 0.25) is 0 Å². The van der Waals surface area contributed by atoms with Gasteiger partial charge in [-0.15, -0.1) is 0 Å². The normalized spacial score (nSPS) is 10.9. The minimum atomic E-state index is -4.53. The van der Waals surface area contributed by atoms with E-state index in [1.807, 2.05) is 0 Å². The van der Waals surface area contributed by atoms with Gasteiger partial charge in [-0.25, -0.2) is 9.59 Å². The molecule has 0 unspecified atom stereocenters. The van der Waals surface area contributed by atoms with Gasteiger partial charge in [-0.05, 0) is 58.7 Å². The molecule has 0 saturated heterocycles. The van der Waals surface area contributed by atoms with Gasteiger partial charge < -0.3 is 9.47 Å². The first-order valence-corrected chi connectivity index (χ1v) is 9.50. The summed E-state index contributed by atoms with van der Waals surface area (Å²) in [6.45, 7) is 0. The SMILES string of the molecule is COC(=O)c1ccc(C(=Cc2ccccc2C(F)(F)F)c2ccc(C(=O)OC)cc2)cc1. The van der Waals surface area contributed by atoms with Gasteiger partial charge >= 0.3 is 18.1 Å². The average molecular weight is 440 g/mol. The summed E-state index contributed by atoms with van der Waals surface area (Å²) in [6.07, 6.45) is -3.09. The predicted molar refractivity (Wildman–Crippen MR) is 114 cm³/mol. The number of esters is 2. The standard InChI is InChI=1S/C25H19F3O4/c1-31-23(29)18-11-7-16(8-12-18)21(17-9-13-19(14-10-17)24(30)32-2)15-20-5-3-4-6-22(20)25(26,27)28/h3-15H,1-2H3. The lowest BCUT2D eigenvalue weighted by molar-refractivity contribution is -0.137. The third-order valence-electron chi connectivity index (χ3n) is 4.80. The van der Waals surface area contributed by atoms with Crippen LogP contribution in [0.4, 0.5) is 13.2 Å². The molecule has 0 radical (unpaired) electrons. The Hall–Kier alpha value is -3.87. The molecule has 0 heterocycles. The van der Waals surface area contributed by atoms with Gasteiger partial charge in [-0.1, -0.05) is 42.5 Å². The Balaban J connectivity index is 2.16. The highest BCUT2D eigenvalue weighted by Crippen LogP contribution is 2.35. The number of carbonyl (C=O) groups excluding carboxylic acids is 2. The Morgan fingerprint density at radius 3 is 1.50 bits per heavy atom. The molecule has 0 aliphatic rings. The molecule has 0 atom stereocenters. The smallest absolute Gasteiger partial charge is 0.416 e. The molecule has 0 bridgehead atoms.